The molecule has 0 aliphatic carbocycles. The molecule has 6 heteroatoms. The van der Waals surface area contributed by atoms with E-state index in [-0.39, 0.29) is 12.4 Å². The molecule has 2 aromatic carbocycles. The summed E-state index contributed by atoms with van der Waals surface area (Å²) < 4.78 is 15.4. The largest absolute Gasteiger partial charge is 0.497 e. The van der Waals surface area contributed by atoms with Gasteiger partial charge in [-0.25, -0.2) is 4.79 Å². The van der Waals surface area contributed by atoms with Gasteiger partial charge in [-0.05, 0) is 55.5 Å². The third kappa shape index (κ3) is 5.08. The molecule has 0 aliphatic rings. The molecule has 0 radical (unpaired) electrons. The number of ketones is 1. The van der Waals surface area contributed by atoms with Crippen LogP contribution in [-0.4, -0.2) is 31.6 Å². The standard InChI is InChI=1S/C19H17NO5/c1-13(25-17-7-3-14(11-20)4-8-17)19(22)24-12-18(21)15-5-9-16(23-2)10-6-15/h3-10,13H,12H2,1-2H3/t13-/m0/s1. The Hall–Kier alpha value is -3.33. The minimum Gasteiger partial charge on any atom is -0.497 e. The lowest BCUT2D eigenvalue weighted by molar-refractivity contribution is -0.149. The Bertz CT molecular complexity index is 775. The van der Waals surface area contributed by atoms with Crippen LogP contribution in [0.5, 0.6) is 11.5 Å². The maximum absolute atomic E-state index is 12.0. The molecule has 0 saturated carbocycles. The Balaban J connectivity index is 1.85. The third-order valence-corrected chi connectivity index (χ3v) is 3.39. The van der Waals surface area contributed by atoms with Crippen LogP contribution in [0.1, 0.15) is 22.8 Å². The molecule has 0 aromatic heterocycles. The molecule has 0 fully saturated rings. The van der Waals surface area contributed by atoms with Crippen molar-refractivity contribution < 1.29 is 23.8 Å². The van der Waals surface area contributed by atoms with Crippen molar-refractivity contribution in [2.75, 3.05) is 13.7 Å². The van der Waals surface area contributed by atoms with E-state index in [1.165, 1.54) is 14.0 Å². The second-order valence-corrected chi connectivity index (χ2v) is 5.16. The van der Waals surface area contributed by atoms with Gasteiger partial charge >= 0.3 is 5.97 Å². The van der Waals surface area contributed by atoms with Gasteiger partial charge in [-0.2, -0.15) is 5.26 Å². The van der Waals surface area contributed by atoms with Gasteiger partial charge in [0.25, 0.3) is 0 Å². The number of rotatable bonds is 7. The van der Waals surface area contributed by atoms with Crippen LogP contribution in [0, 0.1) is 11.3 Å². The van der Waals surface area contributed by atoms with E-state index in [0.717, 1.165) is 0 Å². The molecule has 0 saturated heterocycles. The van der Waals surface area contributed by atoms with Crippen LogP contribution in [0.4, 0.5) is 0 Å². The van der Waals surface area contributed by atoms with Gasteiger partial charge in [0.2, 0.25) is 0 Å². The van der Waals surface area contributed by atoms with Crippen molar-refractivity contribution in [3.05, 3.63) is 59.7 Å². The highest BCUT2D eigenvalue weighted by molar-refractivity contribution is 5.98. The lowest BCUT2D eigenvalue weighted by Gasteiger charge is -2.13. The van der Waals surface area contributed by atoms with E-state index >= 15 is 0 Å². The van der Waals surface area contributed by atoms with Crippen LogP contribution in [0.2, 0.25) is 0 Å². The van der Waals surface area contributed by atoms with Crippen molar-refractivity contribution >= 4 is 11.8 Å². The molecule has 1 atom stereocenters. The van der Waals surface area contributed by atoms with Gasteiger partial charge in [-0.3, -0.25) is 4.79 Å². The molecule has 2 aromatic rings. The summed E-state index contributed by atoms with van der Waals surface area (Å²) in [5, 5.41) is 8.74. The summed E-state index contributed by atoms with van der Waals surface area (Å²) in [6.45, 7) is 1.16. The zero-order chi connectivity index (χ0) is 18.2. The smallest absolute Gasteiger partial charge is 0.347 e. The van der Waals surface area contributed by atoms with Crippen LogP contribution < -0.4 is 9.47 Å². The Kier molecular flexibility index (Phi) is 6.13. The summed E-state index contributed by atoms with van der Waals surface area (Å²) in [6, 6.07) is 14.9. The molecule has 25 heavy (non-hydrogen) atoms. The molecule has 0 heterocycles. The van der Waals surface area contributed by atoms with Crippen molar-refractivity contribution in [1.82, 2.24) is 0 Å². The van der Waals surface area contributed by atoms with Crippen LogP contribution in [0.25, 0.3) is 0 Å². The van der Waals surface area contributed by atoms with Crippen molar-refractivity contribution in [2.24, 2.45) is 0 Å². The predicted molar refractivity (Wildman–Crippen MR) is 89.5 cm³/mol. The minimum atomic E-state index is -0.878. The van der Waals surface area contributed by atoms with Crippen molar-refractivity contribution in [1.29, 1.82) is 5.26 Å². The second-order valence-electron chi connectivity index (χ2n) is 5.16. The molecule has 128 valence electrons. The van der Waals surface area contributed by atoms with Crippen molar-refractivity contribution in [3.63, 3.8) is 0 Å². The first-order chi connectivity index (χ1) is 12.0. The second kappa shape index (κ2) is 8.50. The van der Waals surface area contributed by atoms with Gasteiger partial charge in [0.1, 0.15) is 11.5 Å². The number of carbonyl (C=O) groups excluding carboxylic acids is 2. The number of nitrogens with zero attached hydrogens (tertiary/aromatic N) is 1. The zero-order valence-electron chi connectivity index (χ0n) is 13.9. The Morgan fingerprint density at radius 3 is 2.20 bits per heavy atom. The van der Waals surface area contributed by atoms with Crippen LogP contribution in [0.3, 0.4) is 0 Å². The molecular formula is C19H17NO5. The fourth-order valence-electron chi connectivity index (χ4n) is 1.97. The molecule has 0 amide bonds. The summed E-state index contributed by atoms with van der Waals surface area (Å²) >= 11 is 0. The number of nitriles is 1. The number of ether oxygens (including phenoxy) is 3. The van der Waals surface area contributed by atoms with E-state index < -0.39 is 12.1 Å². The molecular weight excluding hydrogens is 322 g/mol. The number of hydrogen-bond donors (Lipinski definition) is 0. The van der Waals surface area contributed by atoms with Gasteiger partial charge in [-0.15, -0.1) is 0 Å². The van der Waals surface area contributed by atoms with Crippen LogP contribution in [-0.2, 0) is 9.53 Å². The highest BCUT2D eigenvalue weighted by Gasteiger charge is 2.18. The van der Waals surface area contributed by atoms with Gasteiger partial charge in [-0.1, -0.05) is 0 Å². The Morgan fingerprint density at radius 2 is 1.64 bits per heavy atom. The van der Waals surface area contributed by atoms with Crippen LogP contribution in [0.15, 0.2) is 48.5 Å². The highest BCUT2D eigenvalue weighted by Crippen LogP contribution is 2.14. The SMILES string of the molecule is COc1ccc(C(=O)COC(=O)[C@H](C)Oc2ccc(C#N)cc2)cc1. The summed E-state index contributed by atoms with van der Waals surface area (Å²) in [7, 11) is 1.54. The van der Waals surface area contributed by atoms with Gasteiger partial charge in [0, 0.05) is 5.56 Å². The topological polar surface area (TPSA) is 85.6 Å². The number of carbonyl (C=O) groups is 2. The molecule has 0 aliphatic heterocycles. The van der Waals surface area contributed by atoms with Gasteiger partial charge in [0.05, 0.1) is 18.7 Å². The Labute approximate surface area is 145 Å². The van der Waals surface area contributed by atoms with Gasteiger partial charge in [0.15, 0.2) is 18.5 Å². The highest BCUT2D eigenvalue weighted by atomic mass is 16.6. The quantitative estimate of drug-likeness (QED) is 0.569. The summed E-state index contributed by atoms with van der Waals surface area (Å²) in [4.78, 5) is 23.9. The fraction of sp³-hybridized carbons (Fsp3) is 0.211. The van der Waals surface area contributed by atoms with Gasteiger partial charge < -0.3 is 14.2 Å². The molecule has 0 spiro atoms. The maximum Gasteiger partial charge on any atom is 0.347 e. The van der Waals surface area contributed by atoms with E-state index in [9.17, 15) is 9.59 Å². The third-order valence-electron chi connectivity index (χ3n) is 3.39. The number of benzene rings is 2. The number of Topliss-reactive ketones (excluding diaryl/α,β-unsaturated/α-hetero) is 1. The number of hydrogen-bond acceptors (Lipinski definition) is 6. The number of esters is 1. The van der Waals surface area contributed by atoms with E-state index in [2.05, 4.69) is 0 Å². The average Bonchev–Trinajstić information content (AvgIpc) is 2.66. The number of methoxy groups -OCH3 is 1. The van der Waals surface area contributed by atoms with E-state index in [0.29, 0.717) is 22.6 Å². The fourth-order valence-corrected chi connectivity index (χ4v) is 1.97. The zero-order valence-corrected chi connectivity index (χ0v) is 13.9. The maximum atomic E-state index is 12.0. The van der Waals surface area contributed by atoms with Crippen LogP contribution >= 0.6 is 0 Å². The predicted octanol–water partition coefficient (Wildman–Crippen LogP) is 2.76. The summed E-state index contributed by atoms with van der Waals surface area (Å²) in [6.07, 6.45) is -0.878. The lowest BCUT2D eigenvalue weighted by atomic mass is 10.1. The summed E-state index contributed by atoms with van der Waals surface area (Å²) in [5.41, 5.74) is 0.918. The molecule has 0 N–H and O–H groups in total. The van der Waals surface area contributed by atoms with Crippen molar-refractivity contribution in [2.45, 2.75) is 13.0 Å². The first-order valence-electron chi connectivity index (χ1n) is 7.54. The minimum absolute atomic E-state index is 0.318. The normalized spacial score (nSPS) is 11.1. The average molecular weight is 339 g/mol. The molecule has 2 rings (SSSR count). The molecule has 6 nitrogen and oxygen atoms in total. The molecule has 0 unspecified atom stereocenters. The first kappa shape index (κ1) is 18.0. The van der Waals surface area contributed by atoms with E-state index in [1.54, 1.807) is 48.5 Å². The van der Waals surface area contributed by atoms with E-state index in [4.69, 9.17) is 19.5 Å². The first-order valence-corrected chi connectivity index (χ1v) is 7.54. The summed E-state index contributed by atoms with van der Waals surface area (Å²) in [5.74, 6) is 0.107. The van der Waals surface area contributed by atoms with Crippen molar-refractivity contribution in [3.8, 4) is 17.6 Å². The molecule has 0 bridgehead atoms. The lowest BCUT2D eigenvalue weighted by Crippen LogP contribution is -2.28. The van der Waals surface area contributed by atoms with E-state index in [1.807, 2.05) is 6.07 Å². The monoisotopic (exact) mass is 339 g/mol. The Morgan fingerprint density at radius 1 is 1.04 bits per heavy atom.